The van der Waals surface area contributed by atoms with E-state index in [1.807, 2.05) is 38.1 Å². The lowest BCUT2D eigenvalue weighted by Gasteiger charge is -2.31. The molecule has 1 aromatic rings. The molecule has 0 radical (unpaired) electrons. The van der Waals surface area contributed by atoms with Crippen LogP contribution in [0.5, 0.6) is 0 Å². The molecule has 0 fully saturated rings. The van der Waals surface area contributed by atoms with Crippen LogP contribution in [0.1, 0.15) is 34.1 Å². The molecule has 19 heavy (non-hydrogen) atoms. The number of halogens is 1. The van der Waals surface area contributed by atoms with E-state index in [0.717, 1.165) is 16.6 Å². The predicted octanol–water partition coefficient (Wildman–Crippen LogP) is 4.23. The van der Waals surface area contributed by atoms with Crippen molar-refractivity contribution < 1.29 is 9.53 Å². The fourth-order valence-corrected chi connectivity index (χ4v) is 2.41. The number of esters is 1. The summed E-state index contributed by atoms with van der Waals surface area (Å²) in [7, 11) is 0. The summed E-state index contributed by atoms with van der Waals surface area (Å²) in [5.74, 6) is 0.198. The molecule has 0 saturated carbocycles. The second-order valence-corrected chi connectivity index (χ2v) is 6.20. The Kier molecular flexibility index (Phi) is 5.85. The van der Waals surface area contributed by atoms with Crippen molar-refractivity contribution in [2.45, 2.75) is 39.7 Å². The van der Waals surface area contributed by atoms with Gasteiger partial charge in [-0.3, -0.25) is 0 Å². The SMILES string of the molecule is CCOC(=O)C(C)(CC(C)C)Nc1ccc(Br)cc1. The standard InChI is InChI=1S/C15H22BrNO2/c1-5-19-14(18)15(4,10-11(2)3)17-13-8-6-12(16)7-9-13/h6-9,11,17H,5,10H2,1-4H3. The number of nitrogens with one attached hydrogen (secondary N) is 1. The molecule has 1 unspecified atom stereocenters. The van der Waals surface area contributed by atoms with E-state index in [1.165, 1.54) is 0 Å². The molecule has 0 aromatic heterocycles. The number of hydrogen-bond donors (Lipinski definition) is 1. The quantitative estimate of drug-likeness (QED) is 0.794. The first-order chi connectivity index (χ1) is 8.87. The molecule has 0 aliphatic heterocycles. The van der Waals surface area contributed by atoms with E-state index in [2.05, 4.69) is 35.1 Å². The molecular weight excluding hydrogens is 306 g/mol. The molecule has 0 aliphatic rings. The van der Waals surface area contributed by atoms with E-state index in [4.69, 9.17) is 4.74 Å². The van der Waals surface area contributed by atoms with E-state index in [0.29, 0.717) is 12.5 Å². The molecule has 0 heterocycles. The zero-order valence-corrected chi connectivity index (χ0v) is 13.6. The Morgan fingerprint density at radius 2 is 1.95 bits per heavy atom. The summed E-state index contributed by atoms with van der Waals surface area (Å²) in [5, 5.41) is 3.30. The maximum Gasteiger partial charge on any atom is 0.331 e. The van der Waals surface area contributed by atoms with Crippen LogP contribution in [0.2, 0.25) is 0 Å². The van der Waals surface area contributed by atoms with Gasteiger partial charge in [0.15, 0.2) is 0 Å². The summed E-state index contributed by atoms with van der Waals surface area (Å²) in [6.07, 6.45) is 0.724. The van der Waals surface area contributed by atoms with Crippen LogP contribution >= 0.6 is 15.9 Å². The van der Waals surface area contributed by atoms with Crippen molar-refractivity contribution in [3.05, 3.63) is 28.7 Å². The topological polar surface area (TPSA) is 38.3 Å². The summed E-state index contributed by atoms with van der Waals surface area (Å²) in [6.45, 7) is 8.32. The molecule has 0 amide bonds. The van der Waals surface area contributed by atoms with Crippen LogP contribution in [-0.2, 0) is 9.53 Å². The van der Waals surface area contributed by atoms with Crippen LogP contribution in [0.4, 0.5) is 5.69 Å². The van der Waals surface area contributed by atoms with E-state index in [9.17, 15) is 4.79 Å². The first-order valence-electron chi connectivity index (χ1n) is 6.58. The number of benzene rings is 1. The maximum absolute atomic E-state index is 12.2. The maximum atomic E-state index is 12.2. The molecule has 0 aliphatic carbocycles. The van der Waals surface area contributed by atoms with Gasteiger partial charge < -0.3 is 10.1 Å². The normalized spacial score (nSPS) is 14.0. The van der Waals surface area contributed by atoms with Gasteiger partial charge in [0, 0.05) is 10.2 Å². The lowest BCUT2D eigenvalue weighted by atomic mass is 9.90. The summed E-state index contributed by atoms with van der Waals surface area (Å²) in [5.41, 5.74) is 0.220. The zero-order valence-electron chi connectivity index (χ0n) is 12.0. The van der Waals surface area contributed by atoms with Gasteiger partial charge in [0.05, 0.1) is 6.61 Å². The molecule has 0 spiro atoms. The Morgan fingerprint density at radius 1 is 1.37 bits per heavy atom. The second kappa shape index (κ2) is 6.94. The van der Waals surface area contributed by atoms with Gasteiger partial charge >= 0.3 is 5.97 Å². The van der Waals surface area contributed by atoms with Gasteiger partial charge in [0.25, 0.3) is 0 Å². The van der Waals surface area contributed by atoms with Gasteiger partial charge in [-0.05, 0) is 50.5 Å². The molecule has 3 nitrogen and oxygen atoms in total. The molecule has 0 bridgehead atoms. The molecule has 0 saturated heterocycles. The Bertz CT molecular complexity index is 417. The van der Waals surface area contributed by atoms with Crippen LogP contribution in [0.25, 0.3) is 0 Å². The summed E-state index contributed by atoms with van der Waals surface area (Å²) in [6, 6.07) is 7.79. The van der Waals surface area contributed by atoms with Crippen LogP contribution < -0.4 is 5.32 Å². The van der Waals surface area contributed by atoms with Crippen molar-refractivity contribution in [1.29, 1.82) is 0 Å². The first kappa shape index (κ1) is 16.0. The lowest BCUT2D eigenvalue weighted by Crippen LogP contribution is -2.45. The number of carbonyl (C=O) groups is 1. The number of rotatable bonds is 6. The predicted molar refractivity (Wildman–Crippen MR) is 82.3 cm³/mol. The van der Waals surface area contributed by atoms with Gasteiger partial charge in [0.1, 0.15) is 5.54 Å². The number of ether oxygens (including phenoxy) is 1. The average Bonchev–Trinajstić information content (AvgIpc) is 2.31. The molecule has 4 heteroatoms. The minimum atomic E-state index is -0.696. The minimum absolute atomic E-state index is 0.202. The Balaban J connectivity index is 2.90. The molecule has 1 atom stereocenters. The monoisotopic (exact) mass is 327 g/mol. The van der Waals surface area contributed by atoms with Gasteiger partial charge in [0.2, 0.25) is 0 Å². The molecule has 106 valence electrons. The third-order valence-corrected chi connectivity index (χ3v) is 3.34. The number of anilines is 1. The first-order valence-corrected chi connectivity index (χ1v) is 7.37. The second-order valence-electron chi connectivity index (χ2n) is 5.28. The highest BCUT2D eigenvalue weighted by atomic mass is 79.9. The third-order valence-electron chi connectivity index (χ3n) is 2.81. The van der Waals surface area contributed by atoms with Crippen molar-refractivity contribution in [2.75, 3.05) is 11.9 Å². The van der Waals surface area contributed by atoms with E-state index >= 15 is 0 Å². The summed E-state index contributed by atoms with van der Waals surface area (Å²) >= 11 is 3.40. The summed E-state index contributed by atoms with van der Waals surface area (Å²) < 4.78 is 6.21. The van der Waals surface area contributed by atoms with Gasteiger partial charge in [-0.2, -0.15) is 0 Å². The van der Waals surface area contributed by atoms with Crippen LogP contribution in [0, 0.1) is 5.92 Å². The molecular formula is C15H22BrNO2. The lowest BCUT2D eigenvalue weighted by molar-refractivity contribution is -0.148. The van der Waals surface area contributed by atoms with Crippen molar-refractivity contribution >= 4 is 27.6 Å². The summed E-state index contributed by atoms with van der Waals surface area (Å²) in [4.78, 5) is 12.2. The highest BCUT2D eigenvalue weighted by Crippen LogP contribution is 2.25. The zero-order chi connectivity index (χ0) is 14.5. The highest BCUT2D eigenvalue weighted by Gasteiger charge is 2.35. The van der Waals surface area contributed by atoms with Gasteiger partial charge in [-0.25, -0.2) is 4.79 Å². The van der Waals surface area contributed by atoms with Crippen LogP contribution in [0.15, 0.2) is 28.7 Å². The average molecular weight is 328 g/mol. The Hall–Kier alpha value is -1.03. The number of hydrogen-bond acceptors (Lipinski definition) is 3. The third kappa shape index (κ3) is 4.86. The van der Waals surface area contributed by atoms with Gasteiger partial charge in [-0.1, -0.05) is 29.8 Å². The fraction of sp³-hybridized carbons (Fsp3) is 0.533. The van der Waals surface area contributed by atoms with Crippen molar-refractivity contribution in [1.82, 2.24) is 0 Å². The molecule has 1 N–H and O–H groups in total. The smallest absolute Gasteiger partial charge is 0.331 e. The van der Waals surface area contributed by atoms with Crippen molar-refractivity contribution in [2.24, 2.45) is 5.92 Å². The van der Waals surface area contributed by atoms with E-state index < -0.39 is 5.54 Å². The molecule has 1 aromatic carbocycles. The van der Waals surface area contributed by atoms with Crippen molar-refractivity contribution in [3.63, 3.8) is 0 Å². The molecule has 1 rings (SSSR count). The Morgan fingerprint density at radius 3 is 2.42 bits per heavy atom. The van der Waals surface area contributed by atoms with Gasteiger partial charge in [-0.15, -0.1) is 0 Å². The van der Waals surface area contributed by atoms with Crippen LogP contribution in [-0.4, -0.2) is 18.1 Å². The van der Waals surface area contributed by atoms with Crippen molar-refractivity contribution in [3.8, 4) is 0 Å². The highest BCUT2D eigenvalue weighted by molar-refractivity contribution is 9.10. The minimum Gasteiger partial charge on any atom is -0.464 e. The largest absolute Gasteiger partial charge is 0.464 e. The van der Waals surface area contributed by atoms with Crippen LogP contribution in [0.3, 0.4) is 0 Å². The van der Waals surface area contributed by atoms with E-state index in [1.54, 1.807) is 0 Å². The Labute approximate surface area is 123 Å². The van der Waals surface area contributed by atoms with E-state index in [-0.39, 0.29) is 5.97 Å². The number of carbonyl (C=O) groups excluding carboxylic acids is 1. The fourth-order valence-electron chi connectivity index (χ4n) is 2.14.